The Morgan fingerprint density at radius 3 is 2.42 bits per heavy atom. The highest BCUT2D eigenvalue weighted by Gasteiger charge is 2.36. The summed E-state index contributed by atoms with van der Waals surface area (Å²) in [6.07, 6.45) is 0. The molecule has 0 bridgehead atoms. The monoisotopic (exact) mass is 531 g/mol. The third-order valence-electron chi connectivity index (χ3n) is 6.91. The molecule has 2 aliphatic rings. The minimum absolute atomic E-state index is 0.193. The first-order valence-corrected chi connectivity index (χ1v) is 14.5. The van der Waals surface area contributed by atoms with Crippen molar-refractivity contribution in [2.45, 2.75) is 31.6 Å². The van der Waals surface area contributed by atoms with Crippen LogP contribution in [0.15, 0.2) is 77.8 Å². The van der Waals surface area contributed by atoms with Crippen LogP contribution >= 0.6 is 0 Å². The SMILES string of the molecule is CC(C)S(=O)(=O)Nc1ccc2c(c1)C(C(=Nc1ccc(CN3CCNCC3)cc1)c1ccccc1)C(=O)N2. The molecule has 3 aromatic carbocycles. The van der Waals surface area contributed by atoms with Gasteiger partial charge in [-0.3, -0.25) is 19.4 Å². The van der Waals surface area contributed by atoms with E-state index < -0.39 is 21.2 Å². The number of hydrogen-bond donors (Lipinski definition) is 3. The molecule has 2 aliphatic heterocycles. The van der Waals surface area contributed by atoms with E-state index in [1.54, 1.807) is 32.0 Å². The number of hydrogen-bond acceptors (Lipinski definition) is 6. The van der Waals surface area contributed by atoms with Gasteiger partial charge in [0.05, 0.1) is 16.6 Å². The number of amides is 1. The van der Waals surface area contributed by atoms with Gasteiger partial charge in [0, 0.05) is 44.1 Å². The highest BCUT2D eigenvalue weighted by atomic mass is 32.2. The Balaban J connectivity index is 1.49. The lowest BCUT2D eigenvalue weighted by Crippen LogP contribution is -2.42. The van der Waals surface area contributed by atoms with Crippen molar-refractivity contribution < 1.29 is 13.2 Å². The second-order valence-corrected chi connectivity index (χ2v) is 12.2. The number of nitrogens with one attached hydrogen (secondary N) is 3. The first kappa shape index (κ1) is 26.1. The molecular formula is C29H33N5O3S. The first-order chi connectivity index (χ1) is 18.3. The molecule has 5 rings (SSSR count). The molecule has 2 heterocycles. The fourth-order valence-electron chi connectivity index (χ4n) is 4.73. The predicted molar refractivity (Wildman–Crippen MR) is 153 cm³/mol. The number of piperazine rings is 1. The van der Waals surface area contributed by atoms with E-state index in [4.69, 9.17) is 4.99 Å². The molecule has 0 radical (unpaired) electrons. The second kappa shape index (κ2) is 11.1. The van der Waals surface area contributed by atoms with E-state index in [0.29, 0.717) is 22.6 Å². The van der Waals surface area contributed by atoms with Gasteiger partial charge < -0.3 is 10.6 Å². The number of nitrogens with zero attached hydrogens (tertiary/aromatic N) is 2. The molecule has 0 saturated carbocycles. The molecule has 0 spiro atoms. The standard InChI is InChI=1S/C29H33N5O3S/c1-20(2)38(36,37)33-24-12-13-26-25(18-24)27(29(35)32-26)28(22-6-4-3-5-7-22)31-23-10-8-21(9-11-23)19-34-16-14-30-15-17-34/h3-13,18,20,27,30,33H,14-17,19H2,1-2H3,(H,32,35). The summed E-state index contributed by atoms with van der Waals surface area (Å²) < 4.78 is 27.6. The number of aliphatic imine (C=N–C) groups is 1. The van der Waals surface area contributed by atoms with Crippen LogP contribution in [0.2, 0.25) is 0 Å². The van der Waals surface area contributed by atoms with Crippen LogP contribution in [0, 0.1) is 0 Å². The van der Waals surface area contributed by atoms with Crippen molar-refractivity contribution in [3.05, 3.63) is 89.5 Å². The Morgan fingerprint density at radius 1 is 1.03 bits per heavy atom. The van der Waals surface area contributed by atoms with Gasteiger partial charge in [0.25, 0.3) is 0 Å². The Labute approximate surface area is 224 Å². The zero-order chi connectivity index (χ0) is 26.7. The van der Waals surface area contributed by atoms with Gasteiger partial charge in [-0.1, -0.05) is 42.5 Å². The Bertz CT molecular complexity index is 1430. The van der Waals surface area contributed by atoms with E-state index in [-0.39, 0.29) is 5.91 Å². The first-order valence-electron chi connectivity index (χ1n) is 12.9. The fourth-order valence-corrected chi connectivity index (χ4v) is 5.42. The predicted octanol–water partition coefficient (Wildman–Crippen LogP) is 4.10. The molecular weight excluding hydrogens is 498 g/mol. The van der Waals surface area contributed by atoms with Gasteiger partial charge in [0.15, 0.2) is 0 Å². The van der Waals surface area contributed by atoms with Crippen LogP contribution in [0.3, 0.4) is 0 Å². The van der Waals surface area contributed by atoms with Crippen LogP contribution < -0.4 is 15.4 Å². The molecule has 1 amide bonds. The Morgan fingerprint density at radius 2 is 1.74 bits per heavy atom. The molecule has 0 aliphatic carbocycles. The summed E-state index contributed by atoms with van der Waals surface area (Å²) in [5.74, 6) is -0.877. The molecule has 8 nitrogen and oxygen atoms in total. The molecule has 1 unspecified atom stereocenters. The average molecular weight is 532 g/mol. The van der Waals surface area contributed by atoms with Crippen molar-refractivity contribution in [1.82, 2.24) is 10.2 Å². The van der Waals surface area contributed by atoms with Crippen molar-refractivity contribution in [3.8, 4) is 0 Å². The maximum atomic E-state index is 13.3. The van der Waals surface area contributed by atoms with Gasteiger partial charge in [0.1, 0.15) is 5.92 Å². The lowest BCUT2D eigenvalue weighted by atomic mass is 9.90. The highest BCUT2D eigenvalue weighted by molar-refractivity contribution is 7.93. The third kappa shape index (κ3) is 5.80. The van der Waals surface area contributed by atoms with Crippen molar-refractivity contribution in [2.24, 2.45) is 4.99 Å². The summed E-state index contributed by atoms with van der Waals surface area (Å²) in [4.78, 5) is 20.7. The summed E-state index contributed by atoms with van der Waals surface area (Å²) in [6, 6.07) is 22.9. The van der Waals surface area contributed by atoms with Crippen molar-refractivity contribution in [3.63, 3.8) is 0 Å². The molecule has 3 N–H and O–H groups in total. The fraction of sp³-hybridized carbons (Fsp3) is 0.310. The van der Waals surface area contributed by atoms with Crippen molar-refractivity contribution in [1.29, 1.82) is 0 Å². The summed E-state index contributed by atoms with van der Waals surface area (Å²) >= 11 is 0. The minimum atomic E-state index is -3.53. The molecule has 1 atom stereocenters. The molecule has 9 heteroatoms. The van der Waals surface area contributed by atoms with Gasteiger partial charge in [-0.15, -0.1) is 0 Å². The Kier molecular flexibility index (Phi) is 7.60. The largest absolute Gasteiger partial charge is 0.325 e. The van der Waals surface area contributed by atoms with Gasteiger partial charge in [-0.25, -0.2) is 8.42 Å². The second-order valence-electron chi connectivity index (χ2n) is 9.98. The van der Waals surface area contributed by atoms with Gasteiger partial charge >= 0.3 is 0 Å². The lowest BCUT2D eigenvalue weighted by molar-refractivity contribution is -0.115. The zero-order valence-corrected chi connectivity index (χ0v) is 22.5. The summed E-state index contributed by atoms with van der Waals surface area (Å²) in [6.45, 7) is 8.22. The maximum absolute atomic E-state index is 13.3. The highest BCUT2D eigenvalue weighted by Crippen LogP contribution is 2.38. The summed E-state index contributed by atoms with van der Waals surface area (Å²) in [5, 5.41) is 5.74. The van der Waals surface area contributed by atoms with E-state index in [1.807, 2.05) is 42.5 Å². The summed E-state index contributed by atoms with van der Waals surface area (Å²) in [7, 11) is -3.53. The van der Waals surface area contributed by atoms with Gasteiger partial charge in [0.2, 0.25) is 15.9 Å². The van der Waals surface area contributed by atoms with Crippen LogP contribution in [0.25, 0.3) is 0 Å². The normalized spacial score (nSPS) is 18.3. The van der Waals surface area contributed by atoms with Crippen molar-refractivity contribution >= 4 is 38.7 Å². The van der Waals surface area contributed by atoms with E-state index in [0.717, 1.165) is 44.0 Å². The number of fused-ring (bicyclic) bond motifs is 1. The van der Waals surface area contributed by atoms with Crippen LogP contribution in [0.4, 0.5) is 17.1 Å². The number of carbonyl (C=O) groups is 1. The van der Waals surface area contributed by atoms with E-state index in [1.165, 1.54) is 5.56 Å². The molecule has 1 saturated heterocycles. The minimum Gasteiger partial charge on any atom is -0.325 e. The Hall–Kier alpha value is -3.53. The van der Waals surface area contributed by atoms with E-state index in [9.17, 15) is 13.2 Å². The van der Waals surface area contributed by atoms with E-state index in [2.05, 4.69) is 32.4 Å². The number of sulfonamides is 1. The van der Waals surface area contributed by atoms with Gasteiger partial charge in [-0.2, -0.15) is 0 Å². The molecule has 38 heavy (non-hydrogen) atoms. The number of carbonyl (C=O) groups excluding carboxylic acids is 1. The topological polar surface area (TPSA) is 103 Å². The maximum Gasteiger partial charge on any atom is 0.238 e. The van der Waals surface area contributed by atoms with Crippen LogP contribution in [0.1, 0.15) is 36.5 Å². The average Bonchev–Trinajstić information content (AvgIpc) is 3.24. The lowest BCUT2D eigenvalue weighted by Gasteiger charge is -2.27. The van der Waals surface area contributed by atoms with Crippen molar-refractivity contribution in [2.75, 3.05) is 36.2 Å². The zero-order valence-electron chi connectivity index (χ0n) is 21.6. The van der Waals surface area contributed by atoms with Crippen LogP contribution in [-0.4, -0.2) is 56.4 Å². The molecule has 0 aromatic heterocycles. The third-order valence-corrected chi connectivity index (χ3v) is 8.67. The van der Waals surface area contributed by atoms with Crippen LogP contribution in [-0.2, 0) is 21.4 Å². The quantitative estimate of drug-likeness (QED) is 0.380. The molecule has 3 aromatic rings. The number of anilines is 2. The summed E-state index contributed by atoms with van der Waals surface area (Å²) in [5.41, 5.74) is 5.19. The molecule has 1 fully saturated rings. The molecule has 198 valence electrons. The number of rotatable bonds is 8. The van der Waals surface area contributed by atoms with E-state index >= 15 is 0 Å². The smallest absolute Gasteiger partial charge is 0.238 e. The van der Waals surface area contributed by atoms with Crippen LogP contribution in [0.5, 0.6) is 0 Å². The van der Waals surface area contributed by atoms with Gasteiger partial charge in [-0.05, 0) is 60.9 Å². The number of benzene rings is 3.